The van der Waals surface area contributed by atoms with Crippen molar-refractivity contribution in [3.8, 4) is 0 Å². The van der Waals surface area contributed by atoms with Gasteiger partial charge in [-0.25, -0.2) is 8.42 Å². The molecule has 0 spiro atoms. The van der Waals surface area contributed by atoms with Crippen molar-refractivity contribution in [2.75, 3.05) is 5.75 Å². The van der Waals surface area contributed by atoms with Crippen LogP contribution in [0.15, 0.2) is 40.8 Å². The van der Waals surface area contributed by atoms with Crippen molar-refractivity contribution >= 4 is 27.7 Å². The van der Waals surface area contributed by atoms with Crippen LogP contribution in [0.3, 0.4) is 0 Å². The Morgan fingerprint density at radius 1 is 1.31 bits per heavy atom. The number of aldehydes is 1. The number of halogens is 1. The maximum Gasteiger partial charge on any atom is 0.181 e. The van der Waals surface area contributed by atoms with Crippen LogP contribution >= 0.6 is 11.6 Å². The number of allylic oxidation sites excluding steroid dienone is 1. The topological polar surface area (TPSA) is 51.2 Å². The molecule has 0 amide bonds. The van der Waals surface area contributed by atoms with E-state index in [-0.39, 0.29) is 10.6 Å². The summed E-state index contributed by atoms with van der Waals surface area (Å²) in [5, 5.41) is 0.485. The minimum atomic E-state index is -3.38. The van der Waals surface area contributed by atoms with E-state index in [0.717, 1.165) is 0 Å². The Bertz CT molecular complexity index is 501. The average molecular weight is 259 g/mol. The third-order valence-electron chi connectivity index (χ3n) is 1.98. The largest absolute Gasteiger partial charge is 0.298 e. The van der Waals surface area contributed by atoms with Gasteiger partial charge in [0.15, 0.2) is 9.84 Å². The molecule has 0 aliphatic heterocycles. The maximum absolute atomic E-state index is 11.8. The molecule has 0 aliphatic rings. The fraction of sp³-hybridized carbons (Fsp3) is 0.182. The lowest BCUT2D eigenvalue weighted by atomic mass is 10.3. The molecule has 16 heavy (non-hydrogen) atoms. The van der Waals surface area contributed by atoms with E-state index in [1.54, 1.807) is 6.92 Å². The van der Waals surface area contributed by atoms with Gasteiger partial charge in [0.2, 0.25) is 0 Å². The summed E-state index contributed by atoms with van der Waals surface area (Å²) >= 11 is 5.66. The van der Waals surface area contributed by atoms with Gasteiger partial charge >= 0.3 is 0 Å². The van der Waals surface area contributed by atoms with Gasteiger partial charge < -0.3 is 0 Å². The molecule has 0 bridgehead atoms. The third kappa shape index (κ3) is 3.47. The van der Waals surface area contributed by atoms with Crippen LogP contribution < -0.4 is 0 Å². The van der Waals surface area contributed by atoms with Crippen LogP contribution in [0.5, 0.6) is 0 Å². The summed E-state index contributed by atoms with van der Waals surface area (Å²) in [7, 11) is -3.38. The molecule has 1 aromatic carbocycles. The fourth-order valence-corrected chi connectivity index (χ4v) is 2.38. The number of rotatable bonds is 4. The molecule has 3 nitrogen and oxygen atoms in total. The van der Waals surface area contributed by atoms with Gasteiger partial charge in [-0.1, -0.05) is 17.7 Å². The molecule has 5 heteroatoms. The minimum Gasteiger partial charge on any atom is -0.298 e. The van der Waals surface area contributed by atoms with Crippen LogP contribution in [0.2, 0.25) is 5.02 Å². The van der Waals surface area contributed by atoms with Gasteiger partial charge in [0.05, 0.1) is 10.6 Å². The third-order valence-corrected chi connectivity index (χ3v) is 3.83. The molecular weight excluding hydrogens is 248 g/mol. The first-order chi connectivity index (χ1) is 7.45. The normalized spacial score (nSPS) is 12.5. The highest BCUT2D eigenvalue weighted by molar-refractivity contribution is 7.91. The summed E-state index contributed by atoms with van der Waals surface area (Å²) in [5.41, 5.74) is 0.400. The predicted octanol–water partition coefficient (Wildman–Crippen LogP) is 2.26. The number of sulfone groups is 1. The van der Waals surface area contributed by atoms with Crippen molar-refractivity contribution in [1.82, 2.24) is 0 Å². The number of hydrogen-bond acceptors (Lipinski definition) is 3. The lowest BCUT2D eigenvalue weighted by molar-refractivity contribution is -0.104. The van der Waals surface area contributed by atoms with E-state index in [9.17, 15) is 13.2 Å². The summed E-state index contributed by atoms with van der Waals surface area (Å²) in [6.07, 6.45) is 2.01. The second-order valence-electron chi connectivity index (χ2n) is 3.30. The minimum absolute atomic E-state index is 0.181. The fourth-order valence-electron chi connectivity index (χ4n) is 1.03. The van der Waals surface area contributed by atoms with Gasteiger partial charge in [0.25, 0.3) is 0 Å². The number of hydrogen-bond donors (Lipinski definition) is 0. The summed E-state index contributed by atoms with van der Waals surface area (Å²) in [6, 6.07) is 5.93. The number of carbonyl (C=O) groups excluding carboxylic acids is 1. The molecule has 0 N–H and O–H groups in total. The molecule has 0 aromatic heterocycles. The lowest BCUT2D eigenvalue weighted by Gasteiger charge is -2.01. The Morgan fingerprint density at radius 2 is 1.88 bits per heavy atom. The van der Waals surface area contributed by atoms with Crippen molar-refractivity contribution < 1.29 is 13.2 Å². The Balaban J connectivity index is 2.95. The van der Waals surface area contributed by atoms with Crippen molar-refractivity contribution in [2.45, 2.75) is 11.8 Å². The second kappa shape index (κ2) is 5.27. The molecular formula is C11H11ClO3S. The smallest absolute Gasteiger partial charge is 0.181 e. The van der Waals surface area contributed by atoms with E-state index in [1.165, 1.54) is 30.3 Å². The van der Waals surface area contributed by atoms with E-state index in [2.05, 4.69) is 0 Å². The van der Waals surface area contributed by atoms with E-state index in [4.69, 9.17) is 11.6 Å². The van der Waals surface area contributed by atoms with Gasteiger partial charge in [-0.2, -0.15) is 0 Å². The molecule has 0 saturated heterocycles. The maximum atomic E-state index is 11.8. The molecule has 0 atom stereocenters. The summed E-state index contributed by atoms with van der Waals surface area (Å²) in [5.74, 6) is -0.181. The van der Waals surface area contributed by atoms with E-state index in [0.29, 0.717) is 16.9 Å². The molecule has 0 saturated carbocycles. The summed E-state index contributed by atoms with van der Waals surface area (Å²) in [4.78, 5) is 10.5. The van der Waals surface area contributed by atoms with Crippen LogP contribution in [0.1, 0.15) is 6.92 Å². The SMILES string of the molecule is CC(C=O)=CCS(=O)(=O)c1ccc(Cl)cc1. The van der Waals surface area contributed by atoms with Gasteiger partial charge in [-0.15, -0.1) is 0 Å². The Kier molecular flexibility index (Phi) is 4.26. The molecule has 1 aromatic rings. The summed E-state index contributed by atoms with van der Waals surface area (Å²) < 4.78 is 23.5. The van der Waals surface area contributed by atoms with Crippen LogP contribution in [-0.2, 0) is 14.6 Å². The molecule has 0 unspecified atom stereocenters. The van der Waals surface area contributed by atoms with Gasteiger partial charge in [0, 0.05) is 5.02 Å². The molecule has 0 aliphatic carbocycles. The Labute approximate surface area is 99.7 Å². The van der Waals surface area contributed by atoms with Gasteiger partial charge in [0.1, 0.15) is 6.29 Å². The highest BCUT2D eigenvalue weighted by Crippen LogP contribution is 2.15. The number of benzene rings is 1. The molecule has 1 rings (SSSR count). The Hall–Kier alpha value is -1.13. The van der Waals surface area contributed by atoms with Crippen LogP contribution in [0.25, 0.3) is 0 Å². The van der Waals surface area contributed by atoms with Gasteiger partial charge in [-0.3, -0.25) is 4.79 Å². The first kappa shape index (κ1) is 12.9. The quantitative estimate of drug-likeness (QED) is 0.615. The zero-order chi connectivity index (χ0) is 12.2. The second-order valence-corrected chi connectivity index (χ2v) is 5.77. The van der Waals surface area contributed by atoms with Crippen LogP contribution in [0, 0.1) is 0 Å². The highest BCUT2D eigenvalue weighted by Gasteiger charge is 2.12. The van der Waals surface area contributed by atoms with Crippen molar-refractivity contribution in [1.29, 1.82) is 0 Å². The molecule has 0 heterocycles. The molecule has 0 radical (unpaired) electrons. The van der Waals surface area contributed by atoms with E-state index >= 15 is 0 Å². The molecule has 0 fully saturated rings. The van der Waals surface area contributed by atoms with Crippen molar-refractivity contribution in [3.63, 3.8) is 0 Å². The van der Waals surface area contributed by atoms with Crippen molar-refractivity contribution in [2.24, 2.45) is 0 Å². The van der Waals surface area contributed by atoms with Crippen LogP contribution in [0.4, 0.5) is 0 Å². The lowest BCUT2D eigenvalue weighted by Crippen LogP contribution is -2.05. The van der Waals surface area contributed by atoms with Gasteiger partial charge in [-0.05, 0) is 36.8 Å². The van der Waals surface area contributed by atoms with Crippen molar-refractivity contribution in [3.05, 3.63) is 40.9 Å². The highest BCUT2D eigenvalue weighted by atomic mass is 35.5. The first-order valence-electron chi connectivity index (χ1n) is 4.56. The number of carbonyl (C=O) groups is 1. The average Bonchev–Trinajstić information content (AvgIpc) is 2.26. The zero-order valence-corrected chi connectivity index (χ0v) is 10.3. The van der Waals surface area contributed by atoms with E-state index < -0.39 is 9.84 Å². The molecule has 86 valence electrons. The standard InChI is InChI=1S/C11H11ClO3S/c1-9(8-13)6-7-16(14,15)11-4-2-10(12)3-5-11/h2-6,8H,7H2,1H3. The Morgan fingerprint density at radius 3 is 2.38 bits per heavy atom. The first-order valence-corrected chi connectivity index (χ1v) is 6.59. The monoisotopic (exact) mass is 258 g/mol. The van der Waals surface area contributed by atoms with E-state index in [1.807, 2.05) is 0 Å². The zero-order valence-electron chi connectivity index (χ0n) is 8.68. The van der Waals surface area contributed by atoms with Crippen LogP contribution in [-0.4, -0.2) is 20.5 Å². The predicted molar refractivity (Wildman–Crippen MR) is 63.3 cm³/mol. The summed E-state index contributed by atoms with van der Waals surface area (Å²) in [6.45, 7) is 1.56.